The van der Waals surface area contributed by atoms with E-state index in [0.717, 1.165) is 23.1 Å². The Kier molecular flexibility index (Phi) is 6.65. The molecular formula is C20H20F4N2O5S. The SMILES string of the molecule is COc1cccc(F)c1-c1ccc(S(=O)(=O)NC2CCN(C(=O)O)CC2)c(C(F)(F)F)c1. The van der Waals surface area contributed by atoms with Crippen LogP contribution in [0.3, 0.4) is 0 Å². The zero-order valence-corrected chi connectivity index (χ0v) is 17.6. The van der Waals surface area contributed by atoms with Gasteiger partial charge in [-0.2, -0.15) is 13.2 Å². The monoisotopic (exact) mass is 476 g/mol. The number of rotatable bonds is 5. The van der Waals surface area contributed by atoms with Crippen LogP contribution in [0.25, 0.3) is 11.1 Å². The number of sulfonamides is 1. The molecule has 3 rings (SSSR count). The molecular weight excluding hydrogens is 456 g/mol. The van der Waals surface area contributed by atoms with Crippen LogP contribution in [0.2, 0.25) is 0 Å². The Hall–Kier alpha value is -2.86. The molecule has 0 spiro atoms. The van der Waals surface area contributed by atoms with E-state index < -0.39 is 44.6 Å². The van der Waals surface area contributed by atoms with Crippen molar-refractivity contribution in [2.24, 2.45) is 0 Å². The normalized spacial score (nSPS) is 15.6. The Morgan fingerprint density at radius 1 is 1.19 bits per heavy atom. The number of nitrogens with zero attached hydrogens (tertiary/aromatic N) is 1. The van der Waals surface area contributed by atoms with Crippen LogP contribution in [0.5, 0.6) is 5.75 Å². The van der Waals surface area contributed by atoms with Crippen molar-refractivity contribution in [2.45, 2.75) is 30.0 Å². The van der Waals surface area contributed by atoms with Crippen LogP contribution in [0.15, 0.2) is 41.3 Å². The fourth-order valence-electron chi connectivity index (χ4n) is 3.57. The molecule has 1 aliphatic heterocycles. The predicted molar refractivity (Wildman–Crippen MR) is 106 cm³/mol. The maximum atomic E-state index is 14.3. The summed E-state index contributed by atoms with van der Waals surface area (Å²) in [5.74, 6) is -0.826. The number of alkyl halides is 3. The quantitative estimate of drug-likeness (QED) is 0.638. The smallest absolute Gasteiger partial charge is 0.417 e. The van der Waals surface area contributed by atoms with Gasteiger partial charge in [-0.15, -0.1) is 0 Å². The number of piperidine rings is 1. The van der Waals surface area contributed by atoms with Gasteiger partial charge in [0.1, 0.15) is 11.6 Å². The number of likely N-dealkylation sites (tertiary alicyclic amines) is 1. The van der Waals surface area contributed by atoms with Gasteiger partial charge in [-0.3, -0.25) is 0 Å². The number of amides is 1. The molecule has 1 saturated heterocycles. The van der Waals surface area contributed by atoms with Gasteiger partial charge in [0.15, 0.2) is 0 Å². The minimum Gasteiger partial charge on any atom is -0.496 e. The van der Waals surface area contributed by atoms with Crippen molar-refractivity contribution >= 4 is 16.1 Å². The summed E-state index contributed by atoms with van der Waals surface area (Å²) in [6.07, 6.45) is -5.94. The second-order valence-electron chi connectivity index (χ2n) is 7.19. The Morgan fingerprint density at radius 3 is 2.41 bits per heavy atom. The van der Waals surface area contributed by atoms with Crippen molar-refractivity contribution < 1.29 is 40.6 Å². The molecule has 1 amide bonds. The molecule has 0 radical (unpaired) electrons. The molecule has 12 heteroatoms. The van der Waals surface area contributed by atoms with Gasteiger partial charge < -0.3 is 14.7 Å². The Labute approximate surface area is 181 Å². The molecule has 32 heavy (non-hydrogen) atoms. The molecule has 0 unspecified atom stereocenters. The standard InChI is InChI=1S/C20H20F4N2O5S/c1-31-16-4-2-3-15(21)18(16)12-5-6-17(14(11-12)20(22,23)24)32(29,30)25-13-7-9-26(10-8-13)19(27)28/h2-6,11,13,25H,7-10H2,1H3,(H,27,28). The summed E-state index contributed by atoms with van der Waals surface area (Å²) in [5, 5.41) is 8.96. The fourth-order valence-corrected chi connectivity index (χ4v) is 5.08. The number of benzene rings is 2. The topological polar surface area (TPSA) is 95.9 Å². The first-order chi connectivity index (χ1) is 14.9. The third-order valence-corrected chi connectivity index (χ3v) is 6.72. The molecule has 2 aromatic rings. The predicted octanol–water partition coefficient (Wildman–Crippen LogP) is 3.94. The van der Waals surface area contributed by atoms with E-state index in [0.29, 0.717) is 6.07 Å². The Morgan fingerprint density at radius 2 is 1.84 bits per heavy atom. The average Bonchev–Trinajstić information content (AvgIpc) is 2.72. The van der Waals surface area contributed by atoms with Crippen LogP contribution >= 0.6 is 0 Å². The van der Waals surface area contributed by atoms with Gasteiger partial charge in [0.2, 0.25) is 10.0 Å². The van der Waals surface area contributed by atoms with Gasteiger partial charge in [0, 0.05) is 19.1 Å². The van der Waals surface area contributed by atoms with E-state index in [9.17, 15) is 30.8 Å². The molecule has 1 aliphatic rings. The largest absolute Gasteiger partial charge is 0.496 e. The van der Waals surface area contributed by atoms with E-state index in [-0.39, 0.29) is 42.8 Å². The highest BCUT2D eigenvalue weighted by Crippen LogP contribution is 2.40. The van der Waals surface area contributed by atoms with Crippen LogP contribution in [0.1, 0.15) is 18.4 Å². The maximum Gasteiger partial charge on any atom is 0.417 e. The molecule has 0 atom stereocenters. The Bertz CT molecular complexity index is 1110. The number of halogens is 4. The van der Waals surface area contributed by atoms with Crippen LogP contribution in [-0.2, 0) is 16.2 Å². The van der Waals surface area contributed by atoms with Gasteiger partial charge in [-0.05, 0) is 42.7 Å². The minimum atomic E-state index is -5.04. The van der Waals surface area contributed by atoms with E-state index in [2.05, 4.69) is 4.72 Å². The fraction of sp³-hybridized carbons (Fsp3) is 0.350. The minimum absolute atomic E-state index is 0.00273. The van der Waals surface area contributed by atoms with Gasteiger partial charge >= 0.3 is 12.3 Å². The molecule has 0 aliphatic carbocycles. The Balaban J connectivity index is 1.98. The van der Waals surface area contributed by atoms with E-state index in [1.807, 2.05) is 0 Å². The first kappa shape index (κ1) is 23.8. The van der Waals surface area contributed by atoms with Crippen molar-refractivity contribution in [3.05, 3.63) is 47.8 Å². The summed E-state index contributed by atoms with van der Waals surface area (Å²) in [4.78, 5) is 11.1. The average molecular weight is 476 g/mol. The first-order valence-electron chi connectivity index (χ1n) is 9.48. The molecule has 1 heterocycles. The van der Waals surface area contributed by atoms with Crippen molar-refractivity contribution in [3.8, 4) is 16.9 Å². The third-order valence-electron chi connectivity index (χ3n) is 5.15. The van der Waals surface area contributed by atoms with Crippen molar-refractivity contribution in [1.82, 2.24) is 9.62 Å². The summed E-state index contributed by atoms with van der Waals surface area (Å²) in [6, 6.07) is 5.48. The first-order valence-corrected chi connectivity index (χ1v) is 11.0. The molecule has 0 aromatic heterocycles. The van der Waals surface area contributed by atoms with Crippen molar-refractivity contribution in [1.29, 1.82) is 0 Å². The van der Waals surface area contributed by atoms with Crippen LogP contribution in [-0.4, -0.2) is 50.8 Å². The van der Waals surface area contributed by atoms with E-state index in [1.165, 1.54) is 19.2 Å². The molecule has 1 fully saturated rings. The highest BCUT2D eigenvalue weighted by Gasteiger charge is 2.39. The van der Waals surface area contributed by atoms with Crippen LogP contribution in [0.4, 0.5) is 22.4 Å². The highest BCUT2D eigenvalue weighted by molar-refractivity contribution is 7.89. The lowest BCUT2D eigenvalue weighted by atomic mass is 10.0. The molecule has 0 saturated carbocycles. The van der Waals surface area contributed by atoms with Gasteiger partial charge in [-0.25, -0.2) is 22.3 Å². The highest BCUT2D eigenvalue weighted by atomic mass is 32.2. The summed E-state index contributed by atoms with van der Waals surface area (Å²) in [5.41, 5.74) is -1.87. The molecule has 0 bridgehead atoms. The number of hydrogen-bond acceptors (Lipinski definition) is 4. The number of carboxylic acid groups (broad SMARTS) is 1. The van der Waals surface area contributed by atoms with Gasteiger partial charge in [0.25, 0.3) is 0 Å². The number of ether oxygens (including phenoxy) is 1. The molecule has 174 valence electrons. The lowest BCUT2D eigenvalue weighted by Crippen LogP contribution is -2.46. The summed E-state index contributed by atoms with van der Waals surface area (Å²) < 4.78 is 88.5. The second-order valence-corrected chi connectivity index (χ2v) is 8.87. The van der Waals surface area contributed by atoms with Gasteiger partial charge in [0.05, 0.1) is 23.1 Å². The summed E-state index contributed by atoms with van der Waals surface area (Å²) >= 11 is 0. The van der Waals surface area contributed by atoms with Crippen LogP contribution in [0, 0.1) is 5.82 Å². The van der Waals surface area contributed by atoms with E-state index in [1.54, 1.807) is 0 Å². The summed E-state index contributed by atoms with van der Waals surface area (Å²) in [7, 11) is -3.36. The second kappa shape index (κ2) is 8.94. The lowest BCUT2D eigenvalue weighted by Gasteiger charge is -2.30. The van der Waals surface area contributed by atoms with E-state index in [4.69, 9.17) is 9.84 Å². The summed E-state index contributed by atoms with van der Waals surface area (Å²) in [6.45, 7) is 0.112. The van der Waals surface area contributed by atoms with Crippen LogP contribution < -0.4 is 9.46 Å². The molecule has 2 aromatic carbocycles. The number of hydrogen-bond donors (Lipinski definition) is 2. The van der Waals surface area contributed by atoms with Crippen molar-refractivity contribution in [3.63, 3.8) is 0 Å². The zero-order chi connectivity index (χ0) is 23.7. The van der Waals surface area contributed by atoms with Gasteiger partial charge in [-0.1, -0.05) is 12.1 Å². The lowest BCUT2D eigenvalue weighted by molar-refractivity contribution is -0.139. The molecule has 7 nitrogen and oxygen atoms in total. The number of carbonyl (C=O) groups is 1. The third kappa shape index (κ3) is 4.96. The molecule has 2 N–H and O–H groups in total. The number of methoxy groups -OCH3 is 1. The number of nitrogens with one attached hydrogen (secondary N) is 1. The zero-order valence-electron chi connectivity index (χ0n) is 16.8. The van der Waals surface area contributed by atoms with E-state index >= 15 is 0 Å². The van der Waals surface area contributed by atoms with Crippen molar-refractivity contribution in [2.75, 3.05) is 20.2 Å². The maximum absolute atomic E-state index is 14.3.